The molecule has 2 aliphatic heterocycles. The van der Waals surface area contributed by atoms with Gasteiger partial charge in [0.25, 0.3) is 0 Å². The summed E-state index contributed by atoms with van der Waals surface area (Å²) in [5.41, 5.74) is 13.1. The highest BCUT2D eigenvalue weighted by Crippen LogP contribution is 2.44. The Morgan fingerprint density at radius 2 is 2.45 bits per heavy atom. The number of aliphatic imine (C=N–C) groups is 1. The third kappa shape index (κ3) is 1.94. The van der Waals surface area contributed by atoms with Crippen molar-refractivity contribution in [2.24, 2.45) is 16.5 Å². The van der Waals surface area contributed by atoms with Crippen molar-refractivity contribution in [3.63, 3.8) is 0 Å². The van der Waals surface area contributed by atoms with E-state index >= 15 is 0 Å². The van der Waals surface area contributed by atoms with Crippen LogP contribution in [-0.4, -0.2) is 45.3 Å². The van der Waals surface area contributed by atoms with Crippen LogP contribution in [0, 0.1) is 0 Å². The molecule has 0 spiro atoms. The van der Waals surface area contributed by atoms with Crippen LogP contribution >= 0.6 is 0 Å². The van der Waals surface area contributed by atoms with Gasteiger partial charge in [-0.2, -0.15) is 0 Å². The van der Waals surface area contributed by atoms with E-state index in [1.54, 1.807) is 0 Å². The van der Waals surface area contributed by atoms with Gasteiger partial charge in [-0.3, -0.25) is 11.2 Å². The van der Waals surface area contributed by atoms with E-state index in [1.165, 1.54) is 17.8 Å². The minimum absolute atomic E-state index is 0.115. The summed E-state index contributed by atoms with van der Waals surface area (Å²) in [5, 5.41) is 9.15. The summed E-state index contributed by atoms with van der Waals surface area (Å²) in [5.74, 6) is 0.549. The number of alkyl halides is 1. The Labute approximate surface area is 114 Å². The van der Waals surface area contributed by atoms with E-state index in [4.69, 9.17) is 21.3 Å². The molecular formula is C11H17FN6O2. The van der Waals surface area contributed by atoms with Crippen molar-refractivity contribution in [1.29, 1.82) is 0 Å². The number of imidazole rings is 1. The highest BCUT2D eigenvalue weighted by Gasteiger charge is 2.48. The highest BCUT2D eigenvalue weighted by atomic mass is 19.1. The zero-order valence-electron chi connectivity index (χ0n) is 11.0. The zero-order valence-corrected chi connectivity index (χ0v) is 11.0. The molecule has 0 saturated carbocycles. The third-order valence-electron chi connectivity index (χ3n) is 3.53. The largest absolute Gasteiger partial charge is 0.394 e. The second-order valence-electron chi connectivity index (χ2n) is 5.23. The minimum Gasteiger partial charge on any atom is -0.394 e. The number of halogens is 1. The lowest BCUT2D eigenvalue weighted by Crippen LogP contribution is -2.44. The molecule has 8 nitrogen and oxygen atoms in total. The Balaban J connectivity index is 1.99. The Morgan fingerprint density at radius 3 is 3.10 bits per heavy atom. The first-order chi connectivity index (χ1) is 9.42. The molecule has 4 unspecified atom stereocenters. The molecule has 0 radical (unpaired) electrons. The molecule has 0 amide bonds. The molecule has 0 aliphatic carbocycles. The lowest BCUT2D eigenvalue weighted by molar-refractivity contribution is -0.0200. The summed E-state index contributed by atoms with van der Waals surface area (Å²) < 4.78 is 21.7. The Bertz CT molecular complexity index is 557. The number of nitrogens with one attached hydrogen (secondary N) is 1. The van der Waals surface area contributed by atoms with Gasteiger partial charge in [-0.1, -0.05) is 0 Å². The van der Waals surface area contributed by atoms with Crippen LogP contribution in [0.3, 0.4) is 0 Å². The third-order valence-corrected chi connectivity index (χ3v) is 3.53. The maximum atomic E-state index is 14.6. The molecular weight excluding hydrogens is 267 g/mol. The van der Waals surface area contributed by atoms with Crippen molar-refractivity contribution in [3.05, 3.63) is 17.7 Å². The predicted molar refractivity (Wildman–Crippen MR) is 69.1 cm³/mol. The predicted octanol–water partition coefficient (Wildman–Crippen LogP) is -1.06. The number of nitrogens with zero attached hydrogens (tertiary/aromatic N) is 3. The quantitative estimate of drug-likeness (QED) is 0.549. The number of fused-ring (bicyclic) bond motifs is 1. The van der Waals surface area contributed by atoms with Crippen molar-refractivity contribution < 1.29 is 14.2 Å². The second-order valence-corrected chi connectivity index (χ2v) is 5.23. The van der Waals surface area contributed by atoms with Gasteiger partial charge in [0, 0.05) is 6.42 Å². The maximum absolute atomic E-state index is 14.6. The molecule has 20 heavy (non-hydrogen) atoms. The van der Waals surface area contributed by atoms with Gasteiger partial charge in [0.1, 0.15) is 11.8 Å². The molecule has 1 fully saturated rings. The topological polar surface area (TPSA) is 124 Å². The summed E-state index contributed by atoms with van der Waals surface area (Å²) in [6.07, 6.45) is -0.526. The van der Waals surface area contributed by atoms with E-state index in [2.05, 4.69) is 15.4 Å². The number of nitrogens with two attached hydrogens (primary N) is 2. The molecule has 0 bridgehead atoms. The first-order valence-corrected chi connectivity index (χ1v) is 6.31. The number of hydrogen-bond acceptors (Lipinski definition) is 7. The van der Waals surface area contributed by atoms with Crippen LogP contribution in [0.1, 0.15) is 31.0 Å². The van der Waals surface area contributed by atoms with Crippen LogP contribution in [0.5, 0.6) is 0 Å². The summed E-state index contributed by atoms with van der Waals surface area (Å²) in [6.45, 7) is 1.21. The number of amidine groups is 1. The number of rotatable bonds is 2. The van der Waals surface area contributed by atoms with Crippen molar-refractivity contribution in [2.45, 2.75) is 37.5 Å². The molecule has 1 saturated heterocycles. The van der Waals surface area contributed by atoms with Gasteiger partial charge >= 0.3 is 0 Å². The molecule has 2 aliphatic rings. The van der Waals surface area contributed by atoms with Crippen molar-refractivity contribution in [2.75, 3.05) is 12.0 Å². The van der Waals surface area contributed by atoms with E-state index in [-0.39, 0.29) is 18.9 Å². The summed E-state index contributed by atoms with van der Waals surface area (Å²) in [7, 11) is 0. The van der Waals surface area contributed by atoms with Crippen LogP contribution in [0.4, 0.5) is 4.39 Å². The number of aromatic nitrogens is 2. The monoisotopic (exact) mass is 284 g/mol. The smallest absolute Gasteiger partial charge is 0.194 e. The first-order valence-electron chi connectivity index (χ1n) is 6.31. The van der Waals surface area contributed by atoms with Gasteiger partial charge in [0.2, 0.25) is 0 Å². The second kappa shape index (κ2) is 4.40. The number of ether oxygens (including phenoxy) is 1. The van der Waals surface area contributed by atoms with Gasteiger partial charge in [0.15, 0.2) is 17.9 Å². The SMILES string of the molecule is CC1(F)CC(CO)OC1c1cnc2n1NC(N)N=C2N. The van der Waals surface area contributed by atoms with E-state index in [9.17, 15) is 4.39 Å². The summed E-state index contributed by atoms with van der Waals surface area (Å²) in [4.78, 5) is 8.05. The minimum atomic E-state index is -1.61. The van der Waals surface area contributed by atoms with Gasteiger partial charge in [-0.25, -0.2) is 19.0 Å². The van der Waals surface area contributed by atoms with E-state index < -0.39 is 24.2 Å². The van der Waals surface area contributed by atoms with E-state index in [0.29, 0.717) is 11.5 Å². The lowest BCUT2D eigenvalue weighted by Gasteiger charge is -2.26. The normalized spacial score (nSPS) is 36.4. The van der Waals surface area contributed by atoms with Crippen LogP contribution < -0.4 is 16.9 Å². The van der Waals surface area contributed by atoms with Crippen molar-refractivity contribution >= 4 is 5.84 Å². The van der Waals surface area contributed by atoms with Crippen molar-refractivity contribution in [3.8, 4) is 0 Å². The zero-order chi connectivity index (χ0) is 14.5. The van der Waals surface area contributed by atoms with Gasteiger partial charge < -0.3 is 15.6 Å². The molecule has 0 aromatic carbocycles. The standard InChI is InChI=1S/C11H17FN6O2/c1-11(12)2-5(4-19)20-7(11)6-3-15-9-8(13)16-10(14)17-18(6)9/h3,5,7,10,17,19H,2,4,14H2,1H3,(H2,13,16). The Hall–Kier alpha value is -1.71. The fraction of sp³-hybridized carbons (Fsp3) is 0.636. The van der Waals surface area contributed by atoms with Crippen LogP contribution in [0.2, 0.25) is 0 Å². The summed E-state index contributed by atoms with van der Waals surface area (Å²) in [6, 6.07) is 0. The molecule has 1 aromatic rings. The molecule has 110 valence electrons. The maximum Gasteiger partial charge on any atom is 0.194 e. The van der Waals surface area contributed by atoms with E-state index in [0.717, 1.165) is 0 Å². The van der Waals surface area contributed by atoms with Crippen molar-refractivity contribution in [1.82, 2.24) is 9.66 Å². The van der Waals surface area contributed by atoms with Crippen LogP contribution in [0.15, 0.2) is 11.2 Å². The van der Waals surface area contributed by atoms with Crippen LogP contribution in [0.25, 0.3) is 0 Å². The number of aliphatic hydroxyl groups excluding tert-OH is 1. The molecule has 9 heteroatoms. The number of aliphatic hydroxyl groups is 1. The van der Waals surface area contributed by atoms with Gasteiger partial charge in [0.05, 0.1) is 24.6 Å². The fourth-order valence-electron chi connectivity index (χ4n) is 2.66. The Morgan fingerprint density at radius 1 is 1.70 bits per heavy atom. The lowest BCUT2D eigenvalue weighted by atomic mass is 9.96. The molecule has 3 heterocycles. The van der Waals surface area contributed by atoms with Gasteiger partial charge in [-0.15, -0.1) is 0 Å². The highest BCUT2D eigenvalue weighted by molar-refractivity contribution is 5.95. The number of hydrogen-bond donors (Lipinski definition) is 4. The molecule has 3 rings (SSSR count). The van der Waals surface area contributed by atoms with Gasteiger partial charge in [-0.05, 0) is 6.92 Å². The molecule has 1 aromatic heterocycles. The van der Waals surface area contributed by atoms with E-state index in [1.807, 2.05) is 0 Å². The average Bonchev–Trinajstić information content (AvgIpc) is 2.89. The summed E-state index contributed by atoms with van der Waals surface area (Å²) >= 11 is 0. The average molecular weight is 284 g/mol. The Kier molecular flexibility index (Phi) is 2.92. The molecule has 6 N–H and O–H groups in total. The van der Waals surface area contributed by atoms with Crippen LogP contribution in [-0.2, 0) is 4.74 Å². The fourth-order valence-corrected chi connectivity index (χ4v) is 2.66. The molecule has 4 atom stereocenters. The first kappa shape index (κ1) is 13.3.